The highest BCUT2D eigenvalue weighted by Crippen LogP contribution is 2.08. The van der Waals surface area contributed by atoms with Crippen molar-refractivity contribution < 1.29 is 9.59 Å². The fraction of sp³-hybridized carbons (Fsp3) is 0.467. The molecule has 0 unspecified atom stereocenters. The first-order valence-electron chi connectivity index (χ1n) is 6.80. The van der Waals surface area contributed by atoms with Crippen molar-refractivity contribution in [2.75, 3.05) is 11.9 Å². The minimum absolute atomic E-state index is 0.0266. The van der Waals surface area contributed by atoms with E-state index in [2.05, 4.69) is 43.2 Å². The van der Waals surface area contributed by atoms with Gasteiger partial charge in [-0.1, -0.05) is 48.6 Å². The van der Waals surface area contributed by atoms with Crippen LogP contribution in [0.2, 0.25) is 13.1 Å². The Morgan fingerprint density at radius 2 is 1.85 bits per heavy atom. The van der Waals surface area contributed by atoms with Gasteiger partial charge in [0.25, 0.3) is 0 Å². The summed E-state index contributed by atoms with van der Waals surface area (Å²) in [7, 11) is -1.68. The Hall–Kier alpha value is -1.07. The number of hydrogen-bond donors (Lipinski definition) is 2. The molecule has 110 valence electrons. The van der Waals surface area contributed by atoms with E-state index < -0.39 is 8.07 Å². The van der Waals surface area contributed by atoms with E-state index in [9.17, 15) is 9.59 Å². The second kappa shape index (κ2) is 7.64. The maximum Gasteiger partial charge on any atom is 0.224 e. The predicted octanol–water partition coefficient (Wildman–Crippen LogP) is 1.78. The van der Waals surface area contributed by atoms with Crippen LogP contribution in [-0.2, 0) is 9.59 Å². The SMILES string of the molecule is CC(=O)C[C@@H](CS)C(=O)NC[Si](C)(C)c1ccccc1. The Morgan fingerprint density at radius 1 is 1.25 bits per heavy atom. The highest BCUT2D eigenvalue weighted by molar-refractivity contribution is 7.80. The van der Waals surface area contributed by atoms with E-state index >= 15 is 0 Å². The summed E-state index contributed by atoms with van der Waals surface area (Å²) >= 11 is 4.16. The lowest BCUT2D eigenvalue weighted by Crippen LogP contribution is -2.52. The van der Waals surface area contributed by atoms with E-state index in [1.54, 1.807) is 0 Å². The third-order valence-electron chi connectivity index (χ3n) is 3.38. The fourth-order valence-electron chi connectivity index (χ4n) is 2.03. The minimum atomic E-state index is -1.68. The van der Waals surface area contributed by atoms with Crippen LogP contribution >= 0.6 is 12.6 Å². The molecule has 0 spiro atoms. The van der Waals surface area contributed by atoms with Crippen LogP contribution in [0.3, 0.4) is 0 Å². The van der Waals surface area contributed by atoms with Gasteiger partial charge in [-0.05, 0) is 6.92 Å². The summed E-state index contributed by atoms with van der Waals surface area (Å²) in [4.78, 5) is 23.2. The maximum atomic E-state index is 12.1. The fourth-order valence-corrected chi connectivity index (χ4v) is 4.24. The number of amides is 1. The highest BCUT2D eigenvalue weighted by Gasteiger charge is 2.26. The number of Topliss-reactive ketones (excluding diaryl/α,β-unsaturated/α-hetero) is 1. The molecule has 1 atom stereocenters. The molecule has 0 aliphatic rings. The lowest BCUT2D eigenvalue weighted by Gasteiger charge is -2.24. The Labute approximate surface area is 127 Å². The van der Waals surface area contributed by atoms with Gasteiger partial charge in [0.15, 0.2) is 0 Å². The number of ketones is 1. The van der Waals surface area contributed by atoms with Crippen LogP contribution in [0.25, 0.3) is 0 Å². The molecule has 1 aromatic carbocycles. The smallest absolute Gasteiger partial charge is 0.224 e. The van der Waals surface area contributed by atoms with Crippen LogP contribution in [0, 0.1) is 5.92 Å². The molecule has 0 aliphatic heterocycles. The second-order valence-corrected chi connectivity index (χ2v) is 10.8. The summed E-state index contributed by atoms with van der Waals surface area (Å²) < 4.78 is 0. The van der Waals surface area contributed by atoms with Crippen molar-refractivity contribution >= 4 is 37.6 Å². The number of hydrogen-bond acceptors (Lipinski definition) is 3. The topological polar surface area (TPSA) is 46.2 Å². The Kier molecular flexibility index (Phi) is 6.49. The molecule has 1 amide bonds. The molecule has 0 radical (unpaired) electrons. The van der Waals surface area contributed by atoms with Crippen LogP contribution in [0.15, 0.2) is 30.3 Å². The molecule has 0 bridgehead atoms. The van der Waals surface area contributed by atoms with Crippen molar-refractivity contribution in [3.05, 3.63) is 30.3 Å². The lowest BCUT2D eigenvalue weighted by atomic mass is 10.0. The van der Waals surface area contributed by atoms with E-state index in [4.69, 9.17) is 0 Å². The van der Waals surface area contributed by atoms with Gasteiger partial charge in [-0.3, -0.25) is 4.79 Å². The molecular formula is C15H23NO2SSi. The van der Waals surface area contributed by atoms with E-state index in [0.717, 1.165) is 0 Å². The Morgan fingerprint density at radius 3 is 2.35 bits per heavy atom. The summed E-state index contributed by atoms with van der Waals surface area (Å²) in [6.07, 6.45) is 0.945. The number of carbonyl (C=O) groups is 2. The monoisotopic (exact) mass is 309 g/mol. The summed E-state index contributed by atoms with van der Waals surface area (Å²) in [5.41, 5.74) is 0. The van der Waals surface area contributed by atoms with Crippen LogP contribution in [0.4, 0.5) is 0 Å². The first-order chi connectivity index (χ1) is 9.36. The average Bonchev–Trinajstić information content (AvgIpc) is 2.43. The first-order valence-corrected chi connectivity index (χ1v) is 10.6. The van der Waals surface area contributed by atoms with Gasteiger partial charge in [-0.25, -0.2) is 0 Å². The number of nitrogens with one attached hydrogen (secondary N) is 1. The van der Waals surface area contributed by atoms with E-state index in [1.807, 2.05) is 18.2 Å². The normalized spacial score (nSPS) is 12.8. The van der Waals surface area contributed by atoms with Crippen molar-refractivity contribution in [2.45, 2.75) is 26.4 Å². The highest BCUT2D eigenvalue weighted by atomic mass is 32.1. The van der Waals surface area contributed by atoms with E-state index in [-0.39, 0.29) is 24.0 Å². The van der Waals surface area contributed by atoms with Crippen LogP contribution in [0.5, 0.6) is 0 Å². The molecule has 0 aliphatic carbocycles. The number of rotatable bonds is 7. The molecular weight excluding hydrogens is 286 g/mol. The molecule has 3 nitrogen and oxygen atoms in total. The molecule has 1 N–H and O–H groups in total. The molecule has 0 saturated carbocycles. The average molecular weight is 310 g/mol. The van der Waals surface area contributed by atoms with Crippen LogP contribution in [0.1, 0.15) is 13.3 Å². The van der Waals surface area contributed by atoms with Gasteiger partial charge in [0.1, 0.15) is 13.9 Å². The zero-order chi connectivity index (χ0) is 15.2. The maximum absolute atomic E-state index is 12.1. The van der Waals surface area contributed by atoms with Crippen molar-refractivity contribution in [3.8, 4) is 0 Å². The van der Waals surface area contributed by atoms with Gasteiger partial charge >= 0.3 is 0 Å². The first kappa shape index (κ1) is 17.0. The molecule has 5 heteroatoms. The summed E-state index contributed by atoms with van der Waals surface area (Å²) in [5.74, 6) is 0.0421. The van der Waals surface area contributed by atoms with Crippen LogP contribution in [-0.4, -0.2) is 31.7 Å². The predicted molar refractivity (Wildman–Crippen MR) is 89.2 cm³/mol. The minimum Gasteiger partial charge on any atom is -0.358 e. The van der Waals surface area contributed by atoms with E-state index in [0.29, 0.717) is 11.9 Å². The molecule has 1 rings (SSSR count). The van der Waals surface area contributed by atoms with Gasteiger partial charge in [0.05, 0.1) is 5.92 Å². The third kappa shape index (κ3) is 5.13. The van der Waals surface area contributed by atoms with Crippen molar-refractivity contribution in [2.24, 2.45) is 5.92 Å². The molecule has 20 heavy (non-hydrogen) atoms. The quantitative estimate of drug-likeness (QED) is 0.596. The largest absolute Gasteiger partial charge is 0.358 e. The van der Waals surface area contributed by atoms with Gasteiger partial charge < -0.3 is 10.1 Å². The molecule has 0 saturated heterocycles. The summed E-state index contributed by atoms with van der Waals surface area (Å²) in [6.45, 7) is 5.96. The molecule has 1 aromatic rings. The van der Waals surface area contributed by atoms with Crippen LogP contribution < -0.4 is 10.5 Å². The lowest BCUT2D eigenvalue weighted by molar-refractivity contribution is -0.127. The Bertz CT molecular complexity index is 462. The summed E-state index contributed by atoms with van der Waals surface area (Å²) in [5, 5.41) is 4.31. The zero-order valence-corrected chi connectivity index (χ0v) is 14.2. The molecule has 0 heterocycles. The summed E-state index contributed by atoms with van der Waals surface area (Å²) in [6, 6.07) is 10.3. The van der Waals surface area contributed by atoms with Crippen molar-refractivity contribution in [1.82, 2.24) is 5.32 Å². The zero-order valence-electron chi connectivity index (χ0n) is 12.3. The standard InChI is InChI=1S/C15H23NO2SSi/c1-12(17)9-13(10-19)15(18)16-11-20(2,3)14-7-5-4-6-8-14/h4-8,13,19H,9-11H2,1-3H3,(H,16,18)/t13-/m0/s1. The van der Waals surface area contributed by atoms with Crippen molar-refractivity contribution in [3.63, 3.8) is 0 Å². The van der Waals surface area contributed by atoms with Gasteiger partial charge in [0.2, 0.25) is 5.91 Å². The Balaban J connectivity index is 2.61. The number of thiol groups is 1. The third-order valence-corrected chi connectivity index (χ3v) is 6.78. The van der Waals surface area contributed by atoms with Gasteiger partial charge in [0, 0.05) is 18.3 Å². The number of benzene rings is 1. The molecule has 0 fully saturated rings. The number of carbonyl (C=O) groups excluding carboxylic acids is 2. The van der Waals surface area contributed by atoms with Gasteiger partial charge in [-0.15, -0.1) is 0 Å². The molecule has 0 aromatic heterocycles. The second-order valence-electron chi connectivity index (χ2n) is 5.75. The van der Waals surface area contributed by atoms with Gasteiger partial charge in [-0.2, -0.15) is 12.6 Å². The van der Waals surface area contributed by atoms with Crippen molar-refractivity contribution in [1.29, 1.82) is 0 Å². The van der Waals surface area contributed by atoms with E-state index in [1.165, 1.54) is 12.1 Å².